The summed E-state index contributed by atoms with van der Waals surface area (Å²) in [7, 11) is 3.29. The number of methoxy groups -OCH3 is 2. The van der Waals surface area contributed by atoms with Crippen molar-refractivity contribution in [2.45, 2.75) is 39.0 Å². The normalized spacial score (nSPS) is 12.2. The van der Waals surface area contributed by atoms with Crippen LogP contribution in [0, 0.1) is 0 Å². The van der Waals surface area contributed by atoms with Crippen molar-refractivity contribution in [2.75, 3.05) is 14.2 Å². The fourth-order valence-corrected chi connectivity index (χ4v) is 2.24. The van der Waals surface area contributed by atoms with Crippen molar-refractivity contribution in [1.82, 2.24) is 4.98 Å². The number of rotatable bonds is 7. The minimum atomic E-state index is 0.0835. The molecule has 1 aromatic carbocycles. The number of unbranched alkanes of at least 4 members (excludes halogenated alkanes) is 1. The Morgan fingerprint density at radius 3 is 2.43 bits per heavy atom. The van der Waals surface area contributed by atoms with Crippen LogP contribution in [-0.2, 0) is 6.42 Å². The molecule has 0 saturated carbocycles. The fraction of sp³-hybridized carbons (Fsp3) is 0.471. The number of hydrogen-bond donors (Lipinski definition) is 0. The van der Waals surface area contributed by atoms with Crippen molar-refractivity contribution in [3.8, 4) is 11.7 Å². The molecule has 0 spiro atoms. The molecule has 0 aliphatic heterocycles. The van der Waals surface area contributed by atoms with E-state index in [4.69, 9.17) is 13.9 Å². The Kier molecular flexibility index (Phi) is 5.26. The van der Waals surface area contributed by atoms with E-state index in [1.807, 2.05) is 24.3 Å². The highest BCUT2D eigenvalue weighted by Gasteiger charge is 2.19. The minimum absolute atomic E-state index is 0.0835. The van der Waals surface area contributed by atoms with Gasteiger partial charge in [-0.2, -0.15) is 0 Å². The van der Waals surface area contributed by atoms with Crippen LogP contribution in [0.1, 0.15) is 49.8 Å². The highest BCUT2D eigenvalue weighted by molar-refractivity contribution is 5.32. The molecule has 0 aliphatic carbocycles. The van der Waals surface area contributed by atoms with E-state index >= 15 is 0 Å². The fourth-order valence-electron chi connectivity index (χ4n) is 2.24. The van der Waals surface area contributed by atoms with E-state index in [-0.39, 0.29) is 5.92 Å². The summed E-state index contributed by atoms with van der Waals surface area (Å²) in [6.07, 6.45) is 3.09. The summed E-state index contributed by atoms with van der Waals surface area (Å²) in [5, 5.41) is 0. The first kappa shape index (κ1) is 15.4. The van der Waals surface area contributed by atoms with Crippen molar-refractivity contribution in [3.63, 3.8) is 0 Å². The number of ether oxygens (including phenoxy) is 2. The number of hydrogen-bond acceptors (Lipinski definition) is 4. The Labute approximate surface area is 126 Å². The maximum atomic E-state index is 5.77. The minimum Gasteiger partial charge on any atom is -0.497 e. The highest BCUT2D eigenvalue weighted by atomic mass is 16.6. The monoisotopic (exact) mass is 289 g/mol. The van der Waals surface area contributed by atoms with Gasteiger partial charge >= 0.3 is 5.95 Å². The molecule has 0 fully saturated rings. The summed E-state index contributed by atoms with van der Waals surface area (Å²) in [6, 6.07) is 7.96. The van der Waals surface area contributed by atoms with E-state index in [1.165, 1.54) is 0 Å². The Balaban J connectivity index is 2.21. The van der Waals surface area contributed by atoms with Crippen LogP contribution in [-0.4, -0.2) is 19.2 Å². The van der Waals surface area contributed by atoms with Gasteiger partial charge in [-0.15, -0.1) is 0 Å². The maximum Gasteiger partial charge on any atom is 0.308 e. The average molecular weight is 289 g/mol. The van der Waals surface area contributed by atoms with Crippen molar-refractivity contribution in [1.29, 1.82) is 0 Å². The quantitative estimate of drug-likeness (QED) is 0.766. The van der Waals surface area contributed by atoms with Gasteiger partial charge in [0.25, 0.3) is 0 Å². The Morgan fingerprint density at radius 1 is 1.14 bits per heavy atom. The summed E-state index contributed by atoms with van der Waals surface area (Å²) in [5.74, 6) is 2.17. The third kappa shape index (κ3) is 3.57. The van der Waals surface area contributed by atoms with Crippen LogP contribution in [0.5, 0.6) is 11.7 Å². The van der Waals surface area contributed by atoms with Gasteiger partial charge < -0.3 is 13.9 Å². The van der Waals surface area contributed by atoms with Gasteiger partial charge in [0.2, 0.25) is 5.89 Å². The molecule has 1 atom stereocenters. The summed E-state index contributed by atoms with van der Waals surface area (Å²) in [5.41, 5.74) is 2.05. The van der Waals surface area contributed by atoms with E-state index in [9.17, 15) is 0 Å². The number of aryl methyl sites for hydroxylation is 1. The van der Waals surface area contributed by atoms with Crippen molar-refractivity contribution in [2.24, 2.45) is 0 Å². The SMILES string of the molecule is CCCCc1nc(C(C)c2ccc(OC)cc2)oc1OC. The summed E-state index contributed by atoms with van der Waals surface area (Å²) in [6.45, 7) is 4.24. The van der Waals surface area contributed by atoms with Gasteiger partial charge in [0, 0.05) is 0 Å². The van der Waals surface area contributed by atoms with E-state index in [0.29, 0.717) is 11.8 Å². The zero-order valence-electron chi connectivity index (χ0n) is 13.2. The van der Waals surface area contributed by atoms with E-state index in [1.54, 1.807) is 14.2 Å². The Bertz CT molecular complexity index is 560. The van der Waals surface area contributed by atoms with Gasteiger partial charge in [-0.3, -0.25) is 0 Å². The molecule has 4 nitrogen and oxygen atoms in total. The van der Waals surface area contributed by atoms with Crippen LogP contribution in [0.4, 0.5) is 0 Å². The van der Waals surface area contributed by atoms with Crippen molar-refractivity contribution >= 4 is 0 Å². The van der Waals surface area contributed by atoms with E-state index in [2.05, 4.69) is 18.8 Å². The smallest absolute Gasteiger partial charge is 0.308 e. The van der Waals surface area contributed by atoms with Crippen LogP contribution in [0.3, 0.4) is 0 Å². The molecule has 4 heteroatoms. The van der Waals surface area contributed by atoms with Crippen molar-refractivity contribution < 1.29 is 13.9 Å². The zero-order valence-corrected chi connectivity index (χ0v) is 13.2. The molecule has 21 heavy (non-hydrogen) atoms. The first-order valence-electron chi connectivity index (χ1n) is 7.37. The van der Waals surface area contributed by atoms with E-state index < -0.39 is 0 Å². The standard InChI is InChI=1S/C17H23NO3/c1-5-6-7-15-17(20-4)21-16(18-15)12(2)13-8-10-14(19-3)11-9-13/h8-12H,5-7H2,1-4H3. The first-order valence-corrected chi connectivity index (χ1v) is 7.37. The van der Waals surface area contributed by atoms with Crippen LogP contribution in [0.25, 0.3) is 0 Å². The second kappa shape index (κ2) is 7.16. The molecule has 114 valence electrons. The molecule has 0 saturated heterocycles. The molecule has 0 bridgehead atoms. The van der Waals surface area contributed by atoms with Gasteiger partial charge in [0.05, 0.1) is 20.1 Å². The molecule has 0 aliphatic rings. The number of nitrogens with zero attached hydrogens (tertiary/aromatic N) is 1. The van der Waals surface area contributed by atoms with Gasteiger partial charge in [0.15, 0.2) is 0 Å². The molecular weight excluding hydrogens is 266 g/mol. The number of aromatic nitrogens is 1. The molecule has 1 aromatic heterocycles. The Hall–Kier alpha value is -1.97. The lowest BCUT2D eigenvalue weighted by Gasteiger charge is -2.08. The second-order valence-electron chi connectivity index (χ2n) is 5.09. The zero-order chi connectivity index (χ0) is 15.2. The molecule has 0 radical (unpaired) electrons. The second-order valence-corrected chi connectivity index (χ2v) is 5.09. The topological polar surface area (TPSA) is 44.5 Å². The largest absolute Gasteiger partial charge is 0.497 e. The van der Waals surface area contributed by atoms with Gasteiger partial charge in [-0.25, -0.2) is 4.98 Å². The lowest BCUT2D eigenvalue weighted by molar-refractivity contribution is 0.287. The summed E-state index contributed by atoms with van der Waals surface area (Å²) < 4.78 is 16.2. The van der Waals surface area contributed by atoms with E-state index in [0.717, 1.165) is 36.3 Å². The Morgan fingerprint density at radius 2 is 1.86 bits per heavy atom. The maximum absolute atomic E-state index is 5.77. The predicted molar refractivity (Wildman–Crippen MR) is 82.2 cm³/mol. The molecular formula is C17H23NO3. The summed E-state index contributed by atoms with van der Waals surface area (Å²) in [4.78, 5) is 4.61. The third-order valence-electron chi connectivity index (χ3n) is 3.62. The van der Waals surface area contributed by atoms with Crippen LogP contribution in [0.15, 0.2) is 28.7 Å². The lowest BCUT2D eigenvalue weighted by Crippen LogP contribution is -1.97. The van der Waals surface area contributed by atoms with Crippen molar-refractivity contribution in [3.05, 3.63) is 41.4 Å². The van der Waals surface area contributed by atoms with Crippen LogP contribution in [0.2, 0.25) is 0 Å². The first-order chi connectivity index (χ1) is 10.2. The number of benzene rings is 1. The highest BCUT2D eigenvalue weighted by Crippen LogP contribution is 2.30. The number of oxazole rings is 1. The predicted octanol–water partition coefficient (Wildman–Crippen LogP) is 4.19. The van der Waals surface area contributed by atoms with Crippen LogP contribution < -0.4 is 9.47 Å². The lowest BCUT2D eigenvalue weighted by atomic mass is 10.0. The molecule has 0 amide bonds. The molecule has 2 rings (SSSR count). The molecule has 1 unspecified atom stereocenters. The third-order valence-corrected chi connectivity index (χ3v) is 3.62. The van der Waals surface area contributed by atoms with Gasteiger partial charge in [0.1, 0.15) is 11.4 Å². The molecule has 2 aromatic rings. The van der Waals surface area contributed by atoms with Crippen LogP contribution >= 0.6 is 0 Å². The average Bonchev–Trinajstić information content (AvgIpc) is 2.95. The summed E-state index contributed by atoms with van der Waals surface area (Å²) >= 11 is 0. The van der Waals surface area contributed by atoms with Gasteiger partial charge in [-0.05, 0) is 37.5 Å². The van der Waals surface area contributed by atoms with Gasteiger partial charge in [-0.1, -0.05) is 25.5 Å². The molecule has 1 heterocycles. The molecule has 0 N–H and O–H groups in total.